The highest BCUT2D eigenvalue weighted by Crippen LogP contribution is 2.38. The largest absolute Gasteiger partial charge is 0.756 e. The minimum Gasteiger partial charge on any atom is -0.756 e. The molecule has 0 spiro atoms. The molecule has 0 rings (SSSR count). The van der Waals surface area contributed by atoms with Crippen LogP contribution in [0, 0.1) is 0 Å². The topological polar surface area (TPSA) is 108 Å². The molecule has 0 fully saturated rings. The van der Waals surface area contributed by atoms with E-state index in [-0.39, 0.29) is 19.1 Å². The number of hydrogen-bond acceptors (Lipinski definition) is 6. The van der Waals surface area contributed by atoms with Crippen molar-refractivity contribution in [3.8, 4) is 0 Å². The molecule has 3 atom stereocenters. The van der Waals surface area contributed by atoms with Crippen LogP contribution in [0.2, 0.25) is 0 Å². The lowest BCUT2D eigenvalue weighted by molar-refractivity contribution is -0.870. The summed E-state index contributed by atoms with van der Waals surface area (Å²) in [5.74, 6) is -0.171. The number of phosphoric acid groups is 1. The molecule has 8 nitrogen and oxygen atoms in total. The first-order valence-corrected chi connectivity index (χ1v) is 19.3. The Morgan fingerprint density at radius 1 is 0.721 bits per heavy atom. The minimum atomic E-state index is -4.53. The summed E-state index contributed by atoms with van der Waals surface area (Å²) in [6, 6.07) is -0.788. The number of aliphatic hydroxyl groups excluding tert-OH is 1. The summed E-state index contributed by atoms with van der Waals surface area (Å²) in [6.07, 6.45) is 25.7. The molecule has 3 unspecified atom stereocenters. The lowest BCUT2D eigenvalue weighted by atomic mass is 10.0. The fourth-order valence-corrected chi connectivity index (χ4v) is 5.88. The number of rotatable bonds is 32. The van der Waals surface area contributed by atoms with E-state index in [1.54, 1.807) is 0 Å². The van der Waals surface area contributed by atoms with Crippen molar-refractivity contribution in [1.82, 2.24) is 5.32 Å². The summed E-state index contributed by atoms with van der Waals surface area (Å²) in [6.45, 7) is 4.62. The van der Waals surface area contributed by atoms with Crippen LogP contribution in [0.4, 0.5) is 0 Å². The van der Waals surface area contributed by atoms with Crippen LogP contribution in [0.1, 0.15) is 162 Å². The summed E-state index contributed by atoms with van der Waals surface area (Å²) in [5, 5.41) is 13.6. The molecule has 0 heterocycles. The summed E-state index contributed by atoms with van der Waals surface area (Å²) in [4.78, 5) is 25.0. The van der Waals surface area contributed by atoms with E-state index >= 15 is 0 Å². The predicted octanol–water partition coefficient (Wildman–Crippen LogP) is 8.05. The predicted molar refractivity (Wildman–Crippen MR) is 178 cm³/mol. The van der Waals surface area contributed by atoms with Crippen LogP contribution in [-0.4, -0.2) is 68.5 Å². The Labute approximate surface area is 266 Å². The highest BCUT2D eigenvalue weighted by Gasteiger charge is 2.24. The fraction of sp³-hybridized carbons (Fsp3) is 0.971. The van der Waals surface area contributed by atoms with Gasteiger partial charge in [-0.15, -0.1) is 0 Å². The number of nitrogens with one attached hydrogen (secondary N) is 1. The van der Waals surface area contributed by atoms with E-state index in [4.69, 9.17) is 9.05 Å². The molecule has 0 aromatic heterocycles. The van der Waals surface area contributed by atoms with Gasteiger partial charge in [0.05, 0.1) is 39.9 Å². The van der Waals surface area contributed by atoms with Crippen molar-refractivity contribution in [2.75, 3.05) is 40.9 Å². The smallest absolute Gasteiger partial charge is 0.268 e. The third kappa shape index (κ3) is 29.9. The SMILES string of the molecule is CCCCCCCCCCCCCCCCCCC(=O)NC(COP(=O)([O-])OCC[N+](C)(C)C)C(O)CCCCCCC. The molecule has 0 aliphatic carbocycles. The highest BCUT2D eigenvalue weighted by atomic mass is 31.2. The van der Waals surface area contributed by atoms with E-state index in [0.29, 0.717) is 23.9 Å². The molecule has 2 N–H and O–H groups in total. The number of hydrogen-bond donors (Lipinski definition) is 2. The Kier molecular flexibility index (Phi) is 27.5. The Bertz CT molecular complexity index is 688. The van der Waals surface area contributed by atoms with Crippen LogP contribution < -0.4 is 10.2 Å². The first kappa shape index (κ1) is 42.5. The number of nitrogens with zero attached hydrogens (tertiary/aromatic N) is 1. The Morgan fingerprint density at radius 3 is 1.58 bits per heavy atom. The Morgan fingerprint density at radius 2 is 1.14 bits per heavy atom. The van der Waals surface area contributed by atoms with Gasteiger partial charge in [-0.25, -0.2) is 0 Å². The van der Waals surface area contributed by atoms with E-state index in [1.165, 1.54) is 83.5 Å². The van der Waals surface area contributed by atoms with Gasteiger partial charge in [0, 0.05) is 6.42 Å². The molecule has 0 aliphatic rings. The second-order valence-corrected chi connectivity index (χ2v) is 15.0. The minimum absolute atomic E-state index is 0.0144. The molecule has 0 saturated carbocycles. The molecule has 0 bridgehead atoms. The zero-order valence-corrected chi connectivity index (χ0v) is 29.8. The molecule has 0 aliphatic heterocycles. The number of amides is 1. The number of unbranched alkanes of at least 4 members (excludes halogenated alkanes) is 19. The number of quaternary nitrogens is 1. The molecule has 258 valence electrons. The number of carbonyl (C=O) groups is 1. The average molecular weight is 635 g/mol. The van der Waals surface area contributed by atoms with Crippen molar-refractivity contribution in [1.29, 1.82) is 0 Å². The summed E-state index contributed by atoms with van der Waals surface area (Å²) in [7, 11) is 1.31. The monoisotopic (exact) mass is 635 g/mol. The number of carbonyl (C=O) groups excluding carboxylic acids is 1. The summed E-state index contributed by atoms with van der Waals surface area (Å²) in [5.41, 5.74) is 0. The van der Waals surface area contributed by atoms with Crippen LogP contribution >= 0.6 is 7.82 Å². The van der Waals surface area contributed by atoms with Gasteiger partial charge in [0.25, 0.3) is 7.82 Å². The third-order valence-corrected chi connectivity index (χ3v) is 9.06. The van der Waals surface area contributed by atoms with E-state index in [2.05, 4.69) is 19.2 Å². The van der Waals surface area contributed by atoms with Gasteiger partial charge >= 0.3 is 0 Å². The van der Waals surface area contributed by atoms with Crippen molar-refractivity contribution in [2.45, 2.75) is 174 Å². The van der Waals surface area contributed by atoms with E-state index in [1.807, 2.05) is 21.1 Å². The van der Waals surface area contributed by atoms with E-state index < -0.39 is 20.0 Å². The lowest BCUT2D eigenvalue weighted by Gasteiger charge is -2.30. The van der Waals surface area contributed by atoms with Crippen molar-refractivity contribution in [3.05, 3.63) is 0 Å². The molecule has 9 heteroatoms. The van der Waals surface area contributed by atoms with Crippen LogP contribution in [0.25, 0.3) is 0 Å². The fourth-order valence-electron chi connectivity index (χ4n) is 5.16. The zero-order chi connectivity index (χ0) is 32.2. The Hall–Kier alpha value is -0.500. The first-order valence-electron chi connectivity index (χ1n) is 17.9. The van der Waals surface area contributed by atoms with Crippen molar-refractivity contribution < 1.29 is 32.9 Å². The van der Waals surface area contributed by atoms with E-state index in [9.17, 15) is 19.4 Å². The molecular weight excluding hydrogens is 563 g/mol. The Balaban J connectivity index is 4.24. The molecule has 0 aromatic carbocycles. The van der Waals surface area contributed by atoms with Crippen molar-refractivity contribution in [3.63, 3.8) is 0 Å². The zero-order valence-electron chi connectivity index (χ0n) is 28.9. The maximum atomic E-state index is 12.7. The maximum Gasteiger partial charge on any atom is 0.268 e. The first-order chi connectivity index (χ1) is 20.5. The molecule has 0 aromatic rings. The average Bonchev–Trinajstić information content (AvgIpc) is 2.94. The molecule has 0 saturated heterocycles. The van der Waals surface area contributed by atoms with Crippen LogP contribution in [0.15, 0.2) is 0 Å². The number of phosphoric ester groups is 1. The number of likely N-dealkylation sites (N-methyl/N-ethyl adjacent to an activating group) is 1. The second-order valence-electron chi connectivity index (χ2n) is 13.6. The van der Waals surface area contributed by atoms with Gasteiger partial charge < -0.3 is 28.8 Å². The summed E-state index contributed by atoms with van der Waals surface area (Å²) < 4.78 is 22.9. The van der Waals surface area contributed by atoms with Gasteiger partial charge in [0.2, 0.25) is 5.91 Å². The third-order valence-electron chi connectivity index (χ3n) is 8.10. The molecule has 43 heavy (non-hydrogen) atoms. The van der Waals surface area contributed by atoms with Crippen molar-refractivity contribution >= 4 is 13.7 Å². The molecule has 0 radical (unpaired) electrons. The summed E-state index contributed by atoms with van der Waals surface area (Å²) >= 11 is 0. The van der Waals surface area contributed by atoms with Crippen LogP contribution in [0.3, 0.4) is 0 Å². The maximum absolute atomic E-state index is 12.7. The number of aliphatic hydroxyl groups is 1. The van der Waals surface area contributed by atoms with Gasteiger partial charge in [0.1, 0.15) is 13.2 Å². The lowest BCUT2D eigenvalue weighted by Crippen LogP contribution is -2.46. The van der Waals surface area contributed by atoms with Gasteiger partial charge in [-0.3, -0.25) is 9.36 Å². The normalized spacial score (nSPS) is 14.9. The second kappa shape index (κ2) is 27.8. The van der Waals surface area contributed by atoms with Gasteiger partial charge in [-0.2, -0.15) is 0 Å². The van der Waals surface area contributed by atoms with Gasteiger partial charge in [-0.05, 0) is 12.8 Å². The quantitative estimate of drug-likeness (QED) is 0.0440. The molecule has 1 amide bonds. The van der Waals surface area contributed by atoms with Crippen molar-refractivity contribution in [2.24, 2.45) is 0 Å². The van der Waals surface area contributed by atoms with Crippen LogP contribution in [0.5, 0.6) is 0 Å². The van der Waals surface area contributed by atoms with Gasteiger partial charge in [0.15, 0.2) is 0 Å². The van der Waals surface area contributed by atoms with E-state index in [0.717, 1.165) is 51.4 Å². The highest BCUT2D eigenvalue weighted by molar-refractivity contribution is 7.45. The molecular formula is C34H71N2O6P. The van der Waals surface area contributed by atoms with Crippen LogP contribution in [-0.2, 0) is 18.4 Å². The standard InChI is InChI=1S/C34H71N2O6P/c1-6-8-10-12-13-14-15-16-17-18-19-20-21-22-24-26-28-34(38)35-32(33(37)27-25-23-11-9-7-2)31-42-43(39,40)41-30-29-36(3,4)5/h32-33,37H,6-31H2,1-5H3,(H-,35,38,39,40). The van der Waals surface area contributed by atoms with Gasteiger partial charge in [-0.1, -0.05) is 142 Å².